The topological polar surface area (TPSA) is 34.1 Å². The summed E-state index contributed by atoms with van der Waals surface area (Å²) in [6, 6.07) is 14.6. The quantitative estimate of drug-likeness (QED) is 0.891. The van der Waals surface area contributed by atoms with Crippen LogP contribution in [0.3, 0.4) is 0 Å². The van der Waals surface area contributed by atoms with Crippen LogP contribution in [0.2, 0.25) is 0 Å². The van der Waals surface area contributed by atoms with E-state index in [0.29, 0.717) is 6.04 Å². The fourth-order valence-electron chi connectivity index (χ4n) is 2.03. The van der Waals surface area contributed by atoms with Crippen molar-refractivity contribution in [2.24, 2.45) is 0 Å². The number of benzene rings is 1. The lowest BCUT2D eigenvalue weighted by Gasteiger charge is -2.14. The Kier molecular flexibility index (Phi) is 4.53. The molecule has 0 aliphatic heterocycles. The molecule has 1 aromatic carbocycles. The third-order valence-corrected chi connectivity index (χ3v) is 3.10. The second kappa shape index (κ2) is 6.34. The van der Waals surface area contributed by atoms with Crippen molar-refractivity contribution in [2.45, 2.75) is 26.4 Å². The van der Waals surface area contributed by atoms with Crippen molar-refractivity contribution in [3.63, 3.8) is 0 Å². The summed E-state index contributed by atoms with van der Waals surface area (Å²) in [5, 5.41) is 3.48. The minimum atomic E-state index is 0.300. The maximum atomic E-state index is 5.26. The Morgan fingerprint density at radius 1 is 1.21 bits per heavy atom. The highest BCUT2D eigenvalue weighted by Gasteiger charge is 2.05. The second-order valence-corrected chi connectivity index (χ2v) is 4.65. The Morgan fingerprint density at radius 3 is 2.63 bits per heavy atom. The summed E-state index contributed by atoms with van der Waals surface area (Å²) in [6.07, 6.45) is 0. The molecule has 1 atom stereocenters. The maximum Gasteiger partial charge on any atom is 0.122 e. The van der Waals surface area contributed by atoms with Crippen LogP contribution in [0, 0.1) is 6.92 Å². The normalized spacial score (nSPS) is 12.2. The van der Waals surface area contributed by atoms with Gasteiger partial charge in [0.05, 0.1) is 12.8 Å². The van der Waals surface area contributed by atoms with Crippen molar-refractivity contribution in [3.05, 3.63) is 59.4 Å². The number of pyridine rings is 1. The lowest BCUT2D eigenvalue weighted by Crippen LogP contribution is -2.18. The summed E-state index contributed by atoms with van der Waals surface area (Å²) < 4.78 is 5.26. The lowest BCUT2D eigenvalue weighted by molar-refractivity contribution is 0.412. The van der Waals surface area contributed by atoms with Crippen LogP contribution in [0.4, 0.5) is 0 Å². The first-order chi connectivity index (χ1) is 9.19. The molecule has 0 radical (unpaired) electrons. The van der Waals surface area contributed by atoms with E-state index in [1.165, 1.54) is 5.56 Å². The molecule has 0 unspecified atom stereocenters. The van der Waals surface area contributed by atoms with Gasteiger partial charge in [0.15, 0.2) is 0 Å². The van der Waals surface area contributed by atoms with Gasteiger partial charge in [0, 0.05) is 30.4 Å². The van der Waals surface area contributed by atoms with Gasteiger partial charge in [0.25, 0.3) is 0 Å². The molecule has 2 rings (SSSR count). The first-order valence-corrected chi connectivity index (χ1v) is 6.49. The Bertz CT molecular complexity index is 526. The summed E-state index contributed by atoms with van der Waals surface area (Å²) in [6.45, 7) is 4.86. The van der Waals surface area contributed by atoms with Gasteiger partial charge in [-0.1, -0.05) is 30.3 Å². The third kappa shape index (κ3) is 3.80. The van der Waals surface area contributed by atoms with Gasteiger partial charge in [0.1, 0.15) is 5.75 Å². The highest BCUT2D eigenvalue weighted by molar-refractivity contribution is 5.27. The largest absolute Gasteiger partial charge is 0.497 e. The minimum absolute atomic E-state index is 0.300. The highest BCUT2D eigenvalue weighted by Crippen LogP contribution is 2.15. The van der Waals surface area contributed by atoms with E-state index in [9.17, 15) is 0 Å². The number of hydrogen-bond donors (Lipinski definition) is 1. The summed E-state index contributed by atoms with van der Waals surface area (Å²) in [7, 11) is 1.68. The molecule has 0 aliphatic rings. The highest BCUT2D eigenvalue weighted by atomic mass is 16.5. The molecule has 2 aromatic rings. The van der Waals surface area contributed by atoms with Crippen molar-refractivity contribution in [3.8, 4) is 5.75 Å². The average molecular weight is 256 g/mol. The number of rotatable bonds is 5. The van der Waals surface area contributed by atoms with Crippen molar-refractivity contribution in [1.29, 1.82) is 0 Å². The van der Waals surface area contributed by atoms with Gasteiger partial charge in [-0.15, -0.1) is 0 Å². The number of nitrogens with one attached hydrogen (secondary N) is 1. The molecule has 0 saturated carbocycles. The smallest absolute Gasteiger partial charge is 0.122 e. The van der Waals surface area contributed by atoms with Gasteiger partial charge in [-0.05, 0) is 19.4 Å². The molecule has 0 saturated heterocycles. The van der Waals surface area contributed by atoms with E-state index < -0.39 is 0 Å². The van der Waals surface area contributed by atoms with E-state index in [1.54, 1.807) is 7.11 Å². The monoisotopic (exact) mass is 256 g/mol. The summed E-state index contributed by atoms with van der Waals surface area (Å²) in [5.41, 5.74) is 3.25. The zero-order valence-electron chi connectivity index (χ0n) is 11.7. The first kappa shape index (κ1) is 13.6. The first-order valence-electron chi connectivity index (χ1n) is 6.49. The van der Waals surface area contributed by atoms with Crippen molar-refractivity contribution < 1.29 is 4.74 Å². The van der Waals surface area contributed by atoms with Crippen molar-refractivity contribution in [2.75, 3.05) is 7.11 Å². The van der Waals surface area contributed by atoms with E-state index in [-0.39, 0.29) is 0 Å². The molecule has 0 aliphatic carbocycles. The molecule has 1 N–H and O–H groups in total. The Hall–Kier alpha value is -1.87. The third-order valence-electron chi connectivity index (χ3n) is 3.10. The fraction of sp³-hybridized carbons (Fsp3) is 0.312. The van der Waals surface area contributed by atoms with E-state index >= 15 is 0 Å². The van der Waals surface area contributed by atoms with Crippen LogP contribution in [-0.2, 0) is 6.54 Å². The van der Waals surface area contributed by atoms with Crippen molar-refractivity contribution >= 4 is 0 Å². The van der Waals surface area contributed by atoms with Crippen LogP contribution >= 0.6 is 0 Å². The molecule has 19 heavy (non-hydrogen) atoms. The Labute approximate surface area is 114 Å². The van der Waals surface area contributed by atoms with Crippen LogP contribution in [0.15, 0.2) is 42.5 Å². The fourth-order valence-corrected chi connectivity index (χ4v) is 2.03. The van der Waals surface area contributed by atoms with Crippen molar-refractivity contribution in [1.82, 2.24) is 10.3 Å². The molecular formula is C16H20N2O. The van der Waals surface area contributed by atoms with Crippen LogP contribution in [0.1, 0.15) is 29.9 Å². The Morgan fingerprint density at radius 2 is 1.95 bits per heavy atom. The molecule has 1 heterocycles. The average Bonchev–Trinajstić information content (AvgIpc) is 2.45. The zero-order valence-corrected chi connectivity index (χ0v) is 11.7. The van der Waals surface area contributed by atoms with Gasteiger partial charge in [-0.3, -0.25) is 4.98 Å². The lowest BCUT2D eigenvalue weighted by atomic mass is 10.1. The molecule has 0 amide bonds. The molecule has 1 aromatic heterocycles. The van der Waals surface area contributed by atoms with E-state index in [4.69, 9.17) is 4.74 Å². The number of ether oxygens (including phenoxy) is 1. The van der Waals surface area contributed by atoms with Gasteiger partial charge in [-0.25, -0.2) is 0 Å². The van der Waals surface area contributed by atoms with Crippen LogP contribution in [-0.4, -0.2) is 12.1 Å². The van der Waals surface area contributed by atoms with Crippen LogP contribution in [0.5, 0.6) is 5.75 Å². The van der Waals surface area contributed by atoms with E-state index in [2.05, 4.69) is 41.5 Å². The number of methoxy groups -OCH3 is 1. The van der Waals surface area contributed by atoms with E-state index in [1.807, 2.05) is 25.1 Å². The molecule has 0 bridgehead atoms. The zero-order chi connectivity index (χ0) is 13.7. The SMILES string of the molecule is COc1cc(C)nc(CN[C@H](C)c2ccccc2)c1. The second-order valence-electron chi connectivity index (χ2n) is 4.65. The van der Waals surface area contributed by atoms with Gasteiger partial charge in [-0.2, -0.15) is 0 Å². The Balaban J connectivity index is 2.01. The summed E-state index contributed by atoms with van der Waals surface area (Å²) >= 11 is 0. The molecule has 3 heteroatoms. The van der Waals surface area contributed by atoms with Gasteiger partial charge in [0.2, 0.25) is 0 Å². The summed E-state index contributed by atoms with van der Waals surface area (Å²) in [4.78, 5) is 4.50. The maximum absolute atomic E-state index is 5.26. The molecule has 100 valence electrons. The van der Waals surface area contributed by atoms with Crippen LogP contribution in [0.25, 0.3) is 0 Å². The number of aromatic nitrogens is 1. The standard InChI is InChI=1S/C16H20N2O/c1-12-9-16(19-3)10-15(18-12)11-17-13(2)14-7-5-4-6-8-14/h4-10,13,17H,11H2,1-3H3/t13-/m1/s1. The minimum Gasteiger partial charge on any atom is -0.497 e. The van der Waals surface area contributed by atoms with Gasteiger partial charge >= 0.3 is 0 Å². The number of aryl methyl sites for hydroxylation is 1. The number of hydrogen-bond acceptors (Lipinski definition) is 3. The van der Waals surface area contributed by atoms with Gasteiger partial charge < -0.3 is 10.1 Å². The molecule has 0 spiro atoms. The predicted octanol–water partition coefficient (Wildman–Crippen LogP) is 3.25. The number of nitrogens with zero attached hydrogens (tertiary/aromatic N) is 1. The molecular weight excluding hydrogens is 236 g/mol. The molecule has 3 nitrogen and oxygen atoms in total. The summed E-state index contributed by atoms with van der Waals surface area (Å²) in [5.74, 6) is 0.858. The predicted molar refractivity (Wildman–Crippen MR) is 77.2 cm³/mol. The molecule has 0 fully saturated rings. The van der Waals surface area contributed by atoms with Crippen LogP contribution < -0.4 is 10.1 Å². The van der Waals surface area contributed by atoms with E-state index in [0.717, 1.165) is 23.7 Å².